The molecule has 0 saturated carbocycles. The van der Waals surface area contributed by atoms with Crippen LogP contribution in [-0.4, -0.2) is 32.9 Å². The zero-order valence-corrected chi connectivity index (χ0v) is 8.99. The molecule has 15 heavy (non-hydrogen) atoms. The Bertz CT molecular complexity index is 431. The van der Waals surface area contributed by atoms with E-state index >= 15 is 0 Å². The number of thioether (sulfide) groups is 1. The van der Waals surface area contributed by atoms with Gasteiger partial charge in [0.05, 0.1) is 6.54 Å². The SMILES string of the molecule is Cc1cncc(C2=NCC(C(=O)O)S2)c1. The first-order valence-corrected chi connectivity index (χ1v) is 5.41. The van der Waals surface area contributed by atoms with Gasteiger partial charge in [0.15, 0.2) is 0 Å². The van der Waals surface area contributed by atoms with Crippen molar-refractivity contribution >= 4 is 22.8 Å². The summed E-state index contributed by atoms with van der Waals surface area (Å²) in [5, 5.41) is 9.16. The maximum atomic E-state index is 10.7. The molecule has 0 fully saturated rings. The lowest BCUT2D eigenvalue weighted by atomic mass is 10.2. The molecule has 0 aliphatic carbocycles. The van der Waals surface area contributed by atoms with Gasteiger partial charge in [-0.15, -0.1) is 0 Å². The first-order valence-electron chi connectivity index (χ1n) is 4.53. The van der Waals surface area contributed by atoms with E-state index in [4.69, 9.17) is 5.11 Å². The molecule has 1 aromatic heterocycles. The van der Waals surface area contributed by atoms with Crippen LogP contribution in [0.25, 0.3) is 0 Å². The van der Waals surface area contributed by atoms with Crippen LogP contribution in [0.2, 0.25) is 0 Å². The molecule has 78 valence electrons. The van der Waals surface area contributed by atoms with Gasteiger partial charge in [0.25, 0.3) is 0 Å². The fourth-order valence-electron chi connectivity index (χ4n) is 1.33. The van der Waals surface area contributed by atoms with Gasteiger partial charge in [-0.2, -0.15) is 0 Å². The van der Waals surface area contributed by atoms with Gasteiger partial charge in [-0.05, 0) is 18.6 Å². The second-order valence-corrected chi connectivity index (χ2v) is 4.53. The topological polar surface area (TPSA) is 62.5 Å². The Hall–Kier alpha value is -1.36. The normalized spacial score (nSPS) is 20.1. The number of aliphatic imine (C=N–C) groups is 1. The summed E-state index contributed by atoms with van der Waals surface area (Å²) < 4.78 is 0. The number of rotatable bonds is 2. The van der Waals surface area contributed by atoms with Crippen molar-refractivity contribution in [1.29, 1.82) is 0 Å². The highest BCUT2D eigenvalue weighted by atomic mass is 32.2. The second kappa shape index (κ2) is 4.02. The zero-order chi connectivity index (χ0) is 10.8. The van der Waals surface area contributed by atoms with E-state index in [-0.39, 0.29) is 0 Å². The molecular formula is C10H10N2O2S. The van der Waals surface area contributed by atoms with Gasteiger partial charge in [-0.3, -0.25) is 14.8 Å². The smallest absolute Gasteiger partial charge is 0.318 e. The van der Waals surface area contributed by atoms with E-state index in [1.54, 1.807) is 12.4 Å². The van der Waals surface area contributed by atoms with Crippen molar-refractivity contribution in [1.82, 2.24) is 4.98 Å². The number of aliphatic carboxylic acids is 1. The molecule has 1 aliphatic heterocycles. The van der Waals surface area contributed by atoms with E-state index in [2.05, 4.69) is 9.98 Å². The Morgan fingerprint density at radius 1 is 1.60 bits per heavy atom. The molecule has 0 saturated heterocycles. The van der Waals surface area contributed by atoms with Crippen LogP contribution in [0.3, 0.4) is 0 Å². The molecule has 1 aromatic rings. The summed E-state index contributed by atoms with van der Waals surface area (Å²) in [4.78, 5) is 19.0. The van der Waals surface area contributed by atoms with E-state index in [1.807, 2.05) is 13.0 Å². The summed E-state index contributed by atoms with van der Waals surface area (Å²) in [6.45, 7) is 2.30. The molecule has 0 bridgehead atoms. The van der Waals surface area contributed by atoms with E-state index in [1.165, 1.54) is 11.8 Å². The van der Waals surface area contributed by atoms with Crippen LogP contribution in [-0.2, 0) is 4.79 Å². The quantitative estimate of drug-likeness (QED) is 0.820. The molecule has 2 rings (SSSR count). The number of aromatic nitrogens is 1. The van der Waals surface area contributed by atoms with Gasteiger partial charge < -0.3 is 5.11 Å². The lowest BCUT2D eigenvalue weighted by Crippen LogP contribution is -2.16. The van der Waals surface area contributed by atoms with Crippen LogP contribution in [0.5, 0.6) is 0 Å². The van der Waals surface area contributed by atoms with E-state index < -0.39 is 11.2 Å². The molecule has 5 heteroatoms. The molecule has 1 atom stereocenters. The maximum absolute atomic E-state index is 10.7. The molecule has 0 amide bonds. The first-order chi connectivity index (χ1) is 7.16. The largest absolute Gasteiger partial charge is 0.480 e. The Morgan fingerprint density at radius 3 is 3.00 bits per heavy atom. The van der Waals surface area contributed by atoms with Gasteiger partial charge in [-0.1, -0.05) is 11.8 Å². The molecule has 0 radical (unpaired) electrons. The van der Waals surface area contributed by atoms with Crippen LogP contribution in [0.4, 0.5) is 0 Å². The van der Waals surface area contributed by atoms with Crippen LogP contribution < -0.4 is 0 Å². The molecule has 2 heterocycles. The summed E-state index contributed by atoms with van der Waals surface area (Å²) in [5.41, 5.74) is 1.96. The summed E-state index contributed by atoms with van der Waals surface area (Å²) in [5.74, 6) is -0.806. The molecular weight excluding hydrogens is 212 g/mol. The Kier molecular flexibility index (Phi) is 2.73. The van der Waals surface area contributed by atoms with Crippen molar-refractivity contribution in [2.75, 3.05) is 6.54 Å². The van der Waals surface area contributed by atoms with Crippen LogP contribution in [0.15, 0.2) is 23.5 Å². The number of carbonyl (C=O) groups is 1. The third kappa shape index (κ3) is 2.18. The van der Waals surface area contributed by atoms with Gasteiger partial charge in [-0.25, -0.2) is 0 Å². The Morgan fingerprint density at radius 2 is 2.40 bits per heavy atom. The fraction of sp³-hybridized carbons (Fsp3) is 0.300. The average Bonchev–Trinajstić information content (AvgIpc) is 2.66. The van der Waals surface area contributed by atoms with Crippen molar-refractivity contribution in [2.45, 2.75) is 12.2 Å². The molecule has 0 aromatic carbocycles. The fourth-order valence-corrected chi connectivity index (χ4v) is 2.25. The van der Waals surface area contributed by atoms with E-state index in [0.29, 0.717) is 6.54 Å². The highest BCUT2D eigenvalue weighted by Gasteiger charge is 2.26. The van der Waals surface area contributed by atoms with Crippen molar-refractivity contribution in [3.8, 4) is 0 Å². The minimum atomic E-state index is -0.806. The predicted molar refractivity (Wildman–Crippen MR) is 59.4 cm³/mol. The lowest BCUT2D eigenvalue weighted by Gasteiger charge is -2.02. The maximum Gasteiger partial charge on any atom is 0.318 e. The van der Waals surface area contributed by atoms with Crippen molar-refractivity contribution in [3.63, 3.8) is 0 Å². The highest BCUT2D eigenvalue weighted by molar-refractivity contribution is 8.15. The summed E-state index contributed by atoms with van der Waals surface area (Å²) in [6, 6.07) is 1.96. The van der Waals surface area contributed by atoms with Crippen LogP contribution >= 0.6 is 11.8 Å². The highest BCUT2D eigenvalue weighted by Crippen LogP contribution is 2.25. The Balaban J connectivity index is 2.17. The number of aryl methyl sites for hydroxylation is 1. The molecule has 1 N–H and O–H groups in total. The average molecular weight is 222 g/mol. The van der Waals surface area contributed by atoms with Crippen LogP contribution in [0.1, 0.15) is 11.1 Å². The predicted octanol–water partition coefficient (Wildman–Crippen LogP) is 1.34. The number of carboxylic acids is 1. The second-order valence-electron chi connectivity index (χ2n) is 3.34. The summed E-state index contributed by atoms with van der Waals surface area (Å²) >= 11 is 1.29. The summed E-state index contributed by atoms with van der Waals surface area (Å²) in [7, 11) is 0. The standard InChI is InChI=1S/C10H10N2O2S/c1-6-2-7(4-11-3-6)9-12-5-8(15-9)10(13)14/h2-4,8H,5H2,1H3,(H,13,14). The lowest BCUT2D eigenvalue weighted by molar-refractivity contribution is -0.136. The number of hydrogen-bond donors (Lipinski definition) is 1. The minimum Gasteiger partial charge on any atom is -0.480 e. The minimum absolute atomic E-state index is 0.350. The van der Waals surface area contributed by atoms with Gasteiger partial charge >= 0.3 is 5.97 Å². The summed E-state index contributed by atoms with van der Waals surface area (Å²) in [6.07, 6.45) is 3.47. The zero-order valence-electron chi connectivity index (χ0n) is 8.17. The van der Waals surface area contributed by atoms with Crippen LogP contribution in [0, 0.1) is 6.92 Å². The van der Waals surface area contributed by atoms with Crippen molar-refractivity contribution in [3.05, 3.63) is 29.6 Å². The van der Waals surface area contributed by atoms with E-state index in [9.17, 15) is 4.79 Å². The molecule has 4 nitrogen and oxygen atoms in total. The van der Waals surface area contributed by atoms with Gasteiger partial charge in [0.2, 0.25) is 0 Å². The Labute approximate surface area is 91.4 Å². The molecule has 1 aliphatic rings. The number of hydrogen-bond acceptors (Lipinski definition) is 4. The molecule has 0 spiro atoms. The number of carboxylic acid groups (broad SMARTS) is 1. The third-order valence-electron chi connectivity index (χ3n) is 2.05. The van der Waals surface area contributed by atoms with Gasteiger partial charge in [0, 0.05) is 18.0 Å². The van der Waals surface area contributed by atoms with Crippen molar-refractivity contribution < 1.29 is 9.90 Å². The van der Waals surface area contributed by atoms with Crippen molar-refractivity contribution in [2.24, 2.45) is 4.99 Å². The first kappa shape index (κ1) is 10.2. The van der Waals surface area contributed by atoms with Gasteiger partial charge in [0.1, 0.15) is 10.3 Å². The number of pyridine rings is 1. The number of nitrogens with zero attached hydrogens (tertiary/aromatic N) is 2. The third-order valence-corrected chi connectivity index (χ3v) is 3.28. The van der Waals surface area contributed by atoms with E-state index in [0.717, 1.165) is 16.2 Å². The monoisotopic (exact) mass is 222 g/mol. The molecule has 1 unspecified atom stereocenters.